The number of hydrogen-bond acceptors (Lipinski definition) is 3. The van der Waals surface area contributed by atoms with Gasteiger partial charge in [-0.2, -0.15) is 0 Å². The predicted molar refractivity (Wildman–Crippen MR) is 96.0 cm³/mol. The van der Waals surface area contributed by atoms with E-state index in [2.05, 4.69) is 45.5 Å². The molecule has 1 aromatic rings. The number of hydrogen-bond donors (Lipinski definition) is 2. The topological polar surface area (TPSA) is 67.4 Å². The first-order valence-electron chi connectivity index (χ1n) is 7.90. The van der Waals surface area contributed by atoms with Crippen molar-refractivity contribution in [1.29, 1.82) is 0 Å². The van der Waals surface area contributed by atoms with Crippen molar-refractivity contribution < 1.29 is 14.3 Å². The lowest BCUT2D eigenvalue weighted by Gasteiger charge is -2.33. The summed E-state index contributed by atoms with van der Waals surface area (Å²) in [6, 6.07) is 7.75. The number of carbonyl (C=O) groups is 2. The van der Waals surface area contributed by atoms with Gasteiger partial charge < -0.3 is 4.74 Å². The van der Waals surface area contributed by atoms with Crippen molar-refractivity contribution in [3.05, 3.63) is 29.8 Å². The van der Waals surface area contributed by atoms with Crippen LogP contribution in [0.25, 0.3) is 0 Å². The Morgan fingerprint density at radius 3 is 2.04 bits per heavy atom. The predicted octanol–water partition coefficient (Wildman–Crippen LogP) is 3.17. The van der Waals surface area contributed by atoms with Crippen molar-refractivity contribution >= 4 is 23.4 Å². The highest BCUT2D eigenvalue weighted by atomic mass is 35.5. The average Bonchev–Trinajstić information content (AvgIpc) is 2.48. The van der Waals surface area contributed by atoms with Gasteiger partial charge in [0.05, 0.1) is 0 Å². The van der Waals surface area contributed by atoms with E-state index in [1.165, 1.54) is 5.56 Å². The molecule has 5 nitrogen and oxygen atoms in total. The lowest BCUT2D eigenvalue weighted by atomic mass is 9.72. The molecule has 0 heterocycles. The quantitative estimate of drug-likeness (QED) is 0.609. The monoisotopic (exact) mass is 354 g/mol. The fourth-order valence-corrected chi connectivity index (χ4v) is 2.85. The second-order valence-corrected chi connectivity index (χ2v) is 7.93. The minimum Gasteiger partial charge on any atom is -0.484 e. The number of amides is 2. The molecule has 0 radical (unpaired) electrons. The van der Waals surface area contributed by atoms with Crippen molar-refractivity contribution in [3.8, 4) is 5.75 Å². The number of carbonyl (C=O) groups excluding carboxylic acids is 2. The first-order valence-corrected chi connectivity index (χ1v) is 8.44. The lowest BCUT2D eigenvalue weighted by Crippen LogP contribution is -2.44. The van der Waals surface area contributed by atoms with Gasteiger partial charge in [0.15, 0.2) is 6.61 Å². The largest absolute Gasteiger partial charge is 0.484 e. The van der Waals surface area contributed by atoms with Crippen LogP contribution < -0.4 is 15.6 Å². The number of ether oxygens (including phenoxy) is 1. The molecule has 0 atom stereocenters. The van der Waals surface area contributed by atoms with Crippen molar-refractivity contribution in [1.82, 2.24) is 10.9 Å². The molecule has 0 aromatic heterocycles. The van der Waals surface area contributed by atoms with Crippen molar-refractivity contribution in [3.63, 3.8) is 0 Å². The molecule has 0 saturated carbocycles. The maximum atomic E-state index is 11.5. The highest BCUT2D eigenvalue weighted by molar-refractivity contribution is 6.27. The molecule has 0 unspecified atom stereocenters. The third-order valence-corrected chi connectivity index (χ3v) is 3.68. The van der Waals surface area contributed by atoms with Crippen LogP contribution in [0.5, 0.6) is 5.75 Å². The molecule has 0 saturated heterocycles. The molecule has 0 aliphatic carbocycles. The molecule has 2 N–H and O–H groups in total. The van der Waals surface area contributed by atoms with E-state index in [1.807, 2.05) is 24.3 Å². The van der Waals surface area contributed by atoms with Crippen LogP contribution in [0.15, 0.2) is 24.3 Å². The van der Waals surface area contributed by atoms with Gasteiger partial charge in [0.1, 0.15) is 11.6 Å². The Balaban J connectivity index is 2.56. The van der Waals surface area contributed by atoms with Crippen molar-refractivity contribution in [2.45, 2.75) is 46.5 Å². The molecule has 0 aliphatic rings. The molecule has 24 heavy (non-hydrogen) atoms. The van der Waals surface area contributed by atoms with Gasteiger partial charge >= 0.3 is 0 Å². The van der Waals surface area contributed by atoms with Crippen LogP contribution in [-0.2, 0) is 15.0 Å². The molecule has 6 heteroatoms. The van der Waals surface area contributed by atoms with E-state index >= 15 is 0 Å². The van der Waals surface area contributed by atoms with Crippen molar-refractivity contribution in [2.75, 3.05) is 12.5 Å². The Morgan fingerprint density at radius 1 is 1.00 bits per heavy atom. The highest BCUT2D eigenvalue weighted by Crippen LogP contribution is 2.36. The zero-order chi connectivity index (χ0) is 18.4. The third-order valence-electron chi connectivity index (χ3n) is 3.44. The Bertz CT molecular complexity index is 563. The number of halogens is 1. The van der Waals surface area contributed by atoms with Crippen LogP contribution in [0.1, 0.15) is 46.6 Å². The Morgan fingerprint density at radius 2 is 1.54 bits per heavy atom. The van der Waals surface area contributed by atoms with Gasteiger partial charge in [-0.1, -0.05) is 46.8 Å². The van der Waals surface area contributed by atoms with Gasteiger partial charge in [0.2, 0.25) is 0 Å². The molecule has 0 fully saturated rings. The van der Waals surface area contributed by atoms with Gasteiger partial charge in [0, 0.05) is 0 Å². The second-order valence-electron chi connectivity index (χ2n) is 7.66. The van der Waals surface area contributed by atoms with E-state index in [9.17, 15) is 9.59 Å². The molecule has 134 valence electrons. The summed E-state index contributed by atoms with van der Waals surface area (Å²) in [6.07, 6.45) is 1.06. The summed E-state index contributed by atoms with van der Waals surface area (Å²) in [7, 11) is 0. The van der Waals surface area contributed by atoms with Gasteiger partial charge in [-0.3, -0.25) is 20.4 Å². The van der Waals surface area contributed by atoms with Crippen LogP contribution in [0, 0.1) is 5.41 Å². The zero-order valence-electron chi connectivity index (χ0n) is 15.0. The van der Waals surface area contributed by atoms with Gasteiger partial charge in [-0.25, -0.2) is 0 Å². The van der Waals surface area contributed by atoms with Gasteiger partial charge in [-0.15, -0.1) is 11.6 Å². The number of hydrazine groups is 1. The molecule has 1 rings (SSSR count). The summed E-state index contributed by atoms with van der Waals surface area (Å²) >= 11 is 5.31. The first-order chi connectivity index (χ1) is 11.0. The van der Waals surface area contributed by atoms with Crippen LogP contribution in [0.4, 0.5) is 0 Å². The molecule has 0 bridgehead atoms. The van der Waals surface area contributed by atoms with E-state index in [0.717, 1.165) is 6.42 Å². The summed E-state index contributed by atoms with van der Waals surface area (Å²) in [4.78, 5) is 22.4. The first kappa shape index (κ1) is 20.3. The third kappa shape index (κ3) is 7.21. The number of rotatable bonds is 6. The van der Waals surface area contributed by atoms with Crippen LogP contribution >= 0.6 is 11.6 Å². The molecular formula is C18H27ClN2O3. The number of benzene rings is 1. The minimum atomic E-state index is -0.476. The van der Waals surface area contributed by atoms with E-state index in [1.54, 1.807) is 0 Å². The van der Waals surface area contributed by atoms with Crippen LogP contribution in [-0.4, -0.2) is 24.3 Å². The fourth-order valence-electron chi connectivity index (χ4n) is 2.79. The lowest BCUT2D eigenvalue weighted by molar-refractivity contribution is -0.128. The molecule has 2 amide bonds. The molecular weight excluding hydrogens is 328 g/mol. The van der Waals surface area contributed by atoms with Gasteiger partial charge in [-0.05, 0) is 34.9 Å². The number of nitrogens with one attached hydrogen (secondary N) is 2. The van der Waals surface area contributed by atoms with Crippen molar-refractivity contribution in [2.24, 2.45) is 5.41 Å². The fraction of sp³-hybridized carbons (Fsp3) is 0.556. The van der Waals surface area contributed by atoms with E-state index in [-0.39, 0.29) is 23.3 Å². The van der Waals surface area contributed by atoms with Gasteiger partial charge in [0.25, 0.3) is 11.8 Å². The summed E-state index contributed by atoms with van der Waals surface area (Å²) in [5.74, 6) is -0.544. The second kappa shape index (κ2) is 8.38. The standard InChI is InChI=1S/C18H27ClN2O3/c1-17(2,3)12-18(4,5)13-6-8-14(9-7-13)24-11-16(23)21-20-15(22)10-19/h6-9H,10-12H2,1-5H3,(H,20,22)(H,21,23). The Labute approximate surface area is 149 Å². The summed E-state index contributed by atoms with van der Waals surface area (Å²) in [6.45, 7) is 10.9. The minimum absolute atomic E-state index is 0.0556. The normalized spacial score (nSPS) is 11.8. The maximum absolute atomic E-state index is 11.5. The maximum Gasteiger partial charge on any atom is 0.276 e. The van der Waals surface area contributed by atoms with E-state index < -0.39 is 11.8 Å². The average molecular weight is 355 g/mol. The summed E-state index contributed by atoms with van der Waals surface area (Å²) in [5, 5.41) is 0. The van der Waals surface area contributed by atoms with Crippen LogP contribution in [0.2, 0.25) is 0 Å². The molecule has 0 aliphatic heterocycles. The molecule has 1 aromatic carbocycles. The Kier molecular flexibility index (Phi) is 7.08. The zero-order valence-corrected chi connectivity index (χ0v) is 15.8. The van der Waals surface area contributed by atoms with Crippen LogP contribution in [0.3, 0.4) is 0 Å². The Hall–Kier alpha value is -1.75. The highest BCUT2D eigenvalue weighted by Gasteiger charge is 2.27. The SMILES string of the molecule is CC(C)(C)CC(C)(C)c1ccc(OCC(=O)NNC(=O)CCl)cc1. The molecule has 0 spiro atoms. The summed E-state index contributed by atoms with van der Waals surface area (Å²) in [5.41, 5.74) is 5.91. The number of alkyl halides is 1. The summed E-state index contributed by atoms with van der Waals surface area (Å²) < 4.78 is 5.41. The van der Waals surface area contributed by atoms with E-state index in [4.69, 9.17) is 16.3 Å². The van der Waals surface area contributed by atoms with E-state index in [0.29, 0.717) is 5.75 Å². The smallest absolute Gasteiger partial charge is 0.276 e.